The van der Waals surface area contributed by atoms with Gasteiger partial charge in [-0.2, -0.15) is 13.2 Å². The average Bonchev–Trinajstić information content (AvgIpc) is 2.18. The van der Waals surface area contributed by atoms with Crippen LogP contribution < -0.4 is 5.32 Å². The number of carbonyl (C=O) groups is 1. The monoisotopic (exact) mass is 265 g/mol. The van der Waals surface area contributed by atoms with Crippen LogP contribution in [0.4, 0.5) is 18.9 Å². The Kier molecular flexibility index (Phi) is 4.41. The van der Waals surface area contributed by atoms with Gasteiger partial charge in [-0.1, -0.05) is 12.1 Å². The highest BCUT2D eigenvalue weighted by molar-refractivity contribution is 8.00. The molecule has 0 radical (unpaired) electrons. The molecule has 0 saturated heterocycles. The molecule has 1 aromatic rings. The first-order chi connectivity index (χ1) is 7.79. The molecule has 0 heterocycles. The molecule has 17 heavy (non-hydrogen) atoms. The molecule has 0 fully saturated rings. The zero-order valence-electron chi connectivity index (χ0n) is 8.78. The summed E-state index contributed by atoms with van der Waals surface area (Å²) in [6, 6.07) is 5.52. The van der Waals surface area contributed by atoms with Gasteiger partial charge in [-0.3, -0.25) is 4.79 Å². The molecule has 3 nitrogen and oxygen atoms in total. The van der Waals surface area contributed by atoms with Gasteiger partial charge in [0.2, 0.25) is 0 Å². The molecule has 1 rings (SSSR count). The van der Waals surface area contributed by atoms with Gasteiger partial charge in [-0.25, -0.2) is 0 Å². The number of anilines is 1. The van der Waals surface area contributed by atoms with E-state index in [0.717, 1.165) is 0 Å². The van der Waals surface area contributed by atoms with E-state index in [1.807, 2.05) is 0 Å². The van der Waals surface area contributed by atoms with Crippen molar-refractivity contribution < 1.29 is 23.1 Å². The number of para-hydroxylation sites is 1. The summed E-state index contributed by atoms with van der Waals surface area (Å²) in [7, 11) is 0. The van der Waals surface area contributed by atoms with Gasteiger partial charge in [0.1, 0.15) is 6.10 Å². The maximum atomic E-state index is 12.2. The van der Waals surface area contributed by atoms with Crippen LogP contribution >= 0.6 is 11.8 Å². The summed E-state index contributed by atoms with van der Waals surface area (Å²) in [6.07, 6.45) is -1.28. The summed E-state index contributed by atoms with van der Waals surface area (Å²) in [5, 5.41) is 11.2. The lowest BCUT2D eigenvalue weighted by Gasteiger charge is -2.12. The van der Waals surface area contributed by atoms with E-state index < -0.39 is 17.5 Å². The van der Waals surface area contributed by atoms with Gasteiger partial charge in [-0.15, -0.1) is 0 Å². The predicted octanol–water partition coefficient (Wildman–Crippen LogP) is 2.62. The van der Waals surface area contributed by atoms with E-state index >= 15 is 0 Å². The Morgan fingerprint density at radius 3 is 2.53 bits per heavy atom. The number of rotatable bonds is 3. The Bertz CT molecular complexity index is 407. The Hall–Kier alpha value is -1.21. The quantitative estimate of drug-likeness (QED) is 0.826. The number of halogens is 3. The summed E-state index contributed by atoms with van der Waals surface area (Å²) in [4.78, 5) is 11.1. The molecule has 7 heteroatoms. The van der Waals surface area contributed by atoms with E-state index in [4.69, 9.17) is 5.11 Å². The van der Waals surface area contributed by atoms with Gasteiger partial charge in [0.05, 0.1) is 5.69 Å². The molecule has 0 aromatic heterocycles. The van der Waals surface area contributed by atoms with E-state index in [9.17, 15) is 18.0 Å². The Balaban J connectivity index is 2.89. The summed E-state index contributed by atoms with van der Waals surface area (Å²) < 4.78 is 36.7. The summed E-state index contributed by atoms with van der Waals surface area (Å²) >= 11 is -0.315. The van der Waals surface area contributed by atoms with Crippen molar-refractivity contribution in [2.75, 3.05) is 5.32 Å². The van der Waals surface area contributed by atoms with Crippen LogP contribution in [0.2, 0.25) is 0 Å². The fraction of sp³-hybridized carbons (Fsp3) is 0.300. The fourth-order valence-electron chi connectivity index (χ4n) is 1.02. The zero-order valence-corrected chi connectivity index (χ0v) is 9.60. The smallest absolute Gasteiger partial charge is 0.384 e. The molecule has 1 aromatic carbocycles. The number of hydrogen-bond donors (Lipinski definition) is 2. The van der Waals surface area contributed by atoms with Gasteiger partial charge in [0, 0.05) is 4.90 Å². The number of nitrogens with one attached hydrogen (secondary N) is 1. The first-order valence-electron chi connectivity index (χ1n) is 4.63. The summed E-state index contributed by atoms with van der Waals surface area (Å²) in [5.74, 6) is -0.750. The van der Waals surface area contributed by atoms with Crippen LogP contribution in [0.25, 0.3) is 0 Å². The third kappa shape index (κ3) is 4.66. The highest BCUT2D eigenvalue weighted by atomic mass is 32.2. The summed E-state index contributed by atoms with van der Waals surface area (Å²) in [6.45, 7) is 1.23. The third-order valence-corrected chi connectivity index (χ3v) is 2.56. The molecule has 0 saturated carbocycles. The topological polar surface area (TPSA) is 49.3 Å². The molecule has 2 N–H and O–H groups in total. The van der Waals surface area contributed by atoms with Gasteiger partial charge in [0.25, 0.3) is 5.91 Å². The van der Waals surface area contributed by atoms with Gasteiger partial charge < -0.3 is 10.4 Å². The van der Waals surface area contributed by atoms with Crippen molar-refractivity contribution in [3.8, 4) is 0 Å². The summed E-state index contributed by atoms with van der Waals surface area (Å²) in [5.41, 5.74) is -4.40. The standard InChI is InChI=1S/C10H10F3NO2S/c1-6(15)9(16)14-7-4-2-3-5-8(7)17-10(11,12)13/h2-6,15H,1H3,(H,14,16). The molecule has 0 aliphatic carbocycles. The Labute approximate surface area is 100 Å². The lowest BCUT2D eigenvalue weighted by molar-refractivity contribution is -0.123. The SMILES string of the molecule is CC(O)C(=O)Nc1ccccc1SC(F)(F)F. The number of alkyl halides is 3. The van der Waals surface area contributed by atoms with Crippen molar-refractivity contribution in [3.05, 3.63) is 24.3 Å². The molecular weight excluding hydrogens is 255 g/mol. The van der Waals surface area contributed by atoms with Crippen LogP contribution in [0.15, 0.2) is 29.2 Å². The van der Waals surface area contributed by atoms with Crippen molar-refractivity contribution in [2.24, 2.45) is 0 Å². The number of benzene rings is 1. The minimum absolute atomic E-state index is 0.0284. The van der Waals surface area contributed by atoms with Crippen molar-refractivity contribution in [1.82, 2.24) is 0 Å². The minimum Gasteiger partial charge on any atom is -0.384 e. The number of hydrogen-bond acceptors (Lipinski definition) is 3. The van der Waals surface area contributed by atoms with Crippen LogP contribution in [0.5, 0.6) is 0 Å². The highest BCUT2D eigenvalue weighted by Gasteiger charge is 2.30. The number of aliphatic hydroxyl groups excluding tert-OH is 1. The zero-order chi connectivity index (χ0) is 13.1. The predicted molar refractivity (Wildman–Crippen MR) is 58.7 cm³/mol. The number of aliphatic hydroxyl groups is 1. The molecule has 1 atom stereocenters. The van der Waals surface area contributed by atoms with E-state index in [-0.39, 0.29) is 22.3 Å². The van der Waals surface area contributed by atoms with E-state index in [1.54, 1.807) is 0 Å². The van der Waals surface area contributed by atoms with Crippen molar-refractivity contribution in [2.45, 2.75) is 23.4 Å². The second-order valence-electron chi connectivity index (χ2n) is 3.21. The maximum Gasteiger partial charge on any atom is 0.446 e. The minimum atomic E-state index is -4.42. The second-order valence-corrected chi connectivity index (χ2v) is 4.32. The van der Waals surface area contributed by atoms with Gasteiger partial charge in [-0.05, 0) is 30.8 Å². The number of thioether (sulfide) groups is 1. The lowest BCUT2D eigenvalue weighted by atomic mass is 10.3. The van der Waals surface area contributed by atoms with Crippen LogP contribution in [-0.2, 0) is 4.79 Å². The Morgan fingerprint density at radius 2 is 2.00 bits per heavy atom. The van der Waals surface area contributed by atoms with Crippen molar-refractivity contribution in [1.29, 1.82) is 0 Å². The van der Waals surface area contributed by atoms with Crippen LogP contribution in [0.3, 0.4) is 0 Å². The Morgan fingerprint density at radius 1 is 1.41 bits per heavy atom. The molecule has 0 bridgehead atoms. The van der Waals surface area contributed by atoms with Gasteiger partial charge >= 0.3 is 5.51 Å². The molecule has 0 aliphatic rings. The van der Waals surface area contributed by atoms with Crippen LogP contribution in [0, 0.1) is 0 Å². The average molecular weight is 265 g/mol. The lowest BCUT2D eigenvalue weighted by Crippen LogP contribution is -2.24. The maximum absolute atomic E-state index is 12.2. The van der Waals surface area contributed by atoms with Crippen molar-refractivity contribution >= 4 is 23.4 Å². The molecule has 1 amide bonds. The van der Waals surface area contributed by atoms with E-state index in [0.29, 0.717) is 0 Å². The first kappa shape index (κ1) is 13.9. The normalized spacial score (nSPS) is 13.2. The highest BCUT2D eigenvalue weighted by Crippen LogP contribution is 2.40. The van der Waals surface area contributed by atoms with Gasteiger partial charge in [0.15, 0.2) is 0 Å². The molecule has 0 aliphatic heterocycles. The largest absolute Gasteiger partial charge is 0.446 e. The fourth-order valence-corrected chi connectivity index (χ4v) is 1.65. The molecule has 1 unspecified atom stereocenters. The van der Waals surface area contributed by atoms with Crippen LogP contribution in [-0.4, -0.2) is 22.6 Å². The van der Waals surface area contributed by atoms with E-state index in [2.05, 4.69) is 5.32 Å². The second kappa shape index (κ2) is 5.42. The van der Waals surface area contributed by atoms with Crippen LogP contribution in [0.1, 0.15) is 6.92 Å². The third-order valence-electron chi connectivity index (χ3n) is 1.75. The molecular formula is C10H10F3NO2S. The van der Waals surface area contributed by atoms with E-state index in [1.165, 1.54) is 31.2 Å². The number of carbonyl (C=O) groups excluding carboxylic acids is 1. The number of amides is 1. The van der Waals surface area contributed by atoms with Crippen molar-refractivity contribution in [3.63, 3.8) is 0 Å². The molecule has 0 spiro atoms. The first-order valence-corrected chi connectivity index (χ1v) is 5.45. The molecule has 94 valence electrons.